The van der Waals surface area contributed by atoms with Crippen LogP contribution >= 0.6 is 0 Å². The Labute approximate surface area is 132 Å². The third-order valence-electron chi connectivity index (χ3n) is 3.52. The second kappa shape index (κ2) is 6.18. The van der Waals surface area contributed by atoms with E-state index in [1.807, 2.05) is 0 Å². The van der Waals surface area contributed by atoms with E-state index in [9.17, 15) is 0 Å². The normalized spacial score (nSPS) is 11.3. The first-order valence-electron chi connectivity index (χ1n) is 6.93. The van der Waals surface area contributed by atoms with E-state index in [1.54, 1.807) is 3.27 Å². The predicted molar refractivity (Wildman–Crippen MR) is 85.4 cm³/mol. The average Bonchev–Trinajstić information content (AvgIpc) is 2.39. The molecular weight excluding hydrogens is 425 g/mol. The SMILES string of the molecule is CC(C)c1cc(-c2ccccc2)cc(C(C)C)[c]1[Bi]. The molecule has 0 aliphatic heterocycles. The molecule has 98 valence electrons. The molecule has 0 unspecified atom stereocenters. The first-order chi connectivity index (χ1) is 9.00. The fourth-order valence-corrected chi connectivity index (χ4v) is 4.87. The summed E-state index contributed by atoms with van der Waals surface area (Å²) in [6.45, 7) is 9.19. The van der Waals surface area contributed by atoms with Crippen molar-refractivity contribution in [1.29, 1.82) is 0 Å². The van der Waals surface area contributed by atoms with Crippen LogP contribution in [0.3, 0.4) is 0 Å². The van der Waals surface area contributed by atoms with Gasteiger partial charge >= 0.3 is 132 Å². The van der Waals surface area contributed by atoms with Gasteiger partial charge in [0.05, 0.1) is 0 Å². The van der Waals surface area contributed by atoms with Crippen molar-refractivity contribution >= 4 is 28.0 Å². The Kier molecular flexibility index (Phi) is 4.79. The van der Waals surface area contributed by atoms with E-state index in [4.69, 9.17) is 0 Å². The van der Waals surface area contributed by atoms with Crippen LogP contribution in [-0.4, -0.2) is 24.7 Å². The summed E-state index contributed by atoms with van der Waals surface area (Å²) in [5, 5.41) is 0. The zero-order chi connectivity index (χ0) is 14.0. The van der Waals surface area contributed by atoms with Crippen LogP contribution in [0.4, 0.5) is 0 Å². The van der Waals surface area contributed by atoms with E-state index >= 15 is 0 Å². The minimum atomic E-state index is 0.598. The zero-order valence-corrected chi connectivity index (χ0v) is 15.6. The first kappa shape index (κ1) is 14.7. The molecule has 0 aliphatic rings. The molecule has 2 rings (SSSR count). The molecule has 19 heavy (non-hydrogen) atoms. The fourth-order valence-electron chi connectivity index (χ4n) is 2.36. The molecule has 1 heteroatoms. The van der Waals surface area contributed by atoms with Crippen molar-refractivity contribution in [2.45, 2.75) is 39.5 Å². The quantitative estimate of drug-likeness (QED) is 0.614. The molecule has 0 N–H and O–H groups in total. The molecular formula is C18H21Bi. The van der Waals surface area contributed by atoms with Crippen LogP contribution in [0.1, 0.15) is 50.7 Å². The van der Waals surface area contributed by atoms with Gasteiger partial charge in [0.2, 0.25) is 0 Å². The Balaban J connectivity index is 2.63. The van der Waals surface area contributed by atoms with Gasteiger partial charge in [-0.2, -0.15) is 0 Å². The van der Waals surface area contributed by atoms with E-state index in [2.05, 4.69) is 70.2 Å². The molecule has 0 fully saturated rings. The van der Waals surface area contributed by atoms with E-state index in [1.165, 1.54) is 47.0 Å². The summed E-state index contributed by atoms with van der Waals surface area (Å²) in [5.74, 6) is 1.20. The van der Waals surface area contributed by atoms with Gasteiger partial charge in [-0.15, -0.1) is 0 Å². The summed E-state index contributed by atoms with van der Waals surface area (Å²) < 4.78 is 1.57. The molecule has 0 aromatic heterocycles. The molecule has 0 nitrogen and oxygen atoms in total. The third kappa shape index (κ3) is 3.26. The van der Waals surface area contributed by atoms with Crippen molar-refractivity contribution in [3.05, 3.63) is 53.6 Å². The summed E-state index contributed by atoms with van der Waals surface area (Å²) in [5.41, 5.74) is 5.74. The van der Waals surface area contributed by atoms with Crippen molar-refractivity contribution in [2.75, 3.05) is 0 Å². The number of hydrogen-bond donors (Lipinski definition) is 0. The van der Waals surface area contributed by atoms with Crippen LogP contribution in [0.2, 0.25) is 0 Å². The van der Waals surface area contributed by atoms with Gasteiger partial charge in [0.25, 0.3) is 0 Å². The Bertz CT molecular complexity index is 524. The Hall–Kier alpha value is -0.677. The van der Waals surface area contributed by atoms with Gasteiger partial charge in [-0.05, 0) is 0 Å². The summed E-state index contributed by atoms with van der Waals surface area (Å²) in [7, 11) is 0. The third-order valence-corrected chi connectivity index (χ3v) is 5.53. The molecule has 0 amide bonds. The minimum absolute atomic E-state index is 0.598. The second-order valence-electron chi connectivity index (χ2n) is 5.68. The van der Waals surface area contributed by atoms with Gasteiger partial charge in [-0.1, -0.05) is 0 Å². The van der Waals surface area contributed by atoms with Gasteiger partial charge < -0.3 is 0 Å². The maximum absolute atomic E-state index is 2.39. The Morgan fingerprint density at radius 2 is 1.21 bits per heavy atom. The van der Waals surface area contributed by atoms with Gasteiger partial charge in [0.15, 0.2) is 0 Å². The van der Waals surface area contributed by atoms with Crippen LogP contribution in [0.15, 0.2) is 42.5 Å². The Morgan fingerprint density at radius 1 is 0.737 bits per heavy atom. The van der Waals surface area contributed by atoms with E-state index in [0.717, 1.165) is 0 Å². The van der Waals surface area contributed by atoms with Crippen molar-refractivity contribution in [2.24, 2.45) is 0 Å². The number of rotatable bonds is 3. The summed E-state index contributed by atoms with van der Waals surface area (Å²) in [6, 6.07) is 15.5. The molecule has 2 aromatic rings. The van der Waals surface area contributed by atoms with Crippen molar-refractivity contribution in [3.63, 3.8) is 0 Å². The predicted octanol–water partition coefficient (Wildman–Crippen LogP) is 4.39. The van der Waals surface area contributed by atoms with Gasteiger partial charge in [-0.25, -0.2) is 0 Å². The monoisotopic (exact) mass is 446 g/mol. The van der Waals surface area contributed by atoms with E-state index in [-0.39, 0.29) is 0 Å². The van der Waals surface area contributed by atoms with Gasteiger partial charge in [-0.3, -0.25) is 0 Å². The topological polar surface area (TPSA) is 0 Å². The van der Waals surface area contributed by atoms with Crippen molar-refractivity contribution < 1.29 is 0 Å². The summed E-state index contributed by atoms with van der Waals surface area (Å²) in [6.07, 6.45) is 0. The average molecular weight is 446 g/mol. The molecule has 0 heterocycles. The van der Waals surface area contributed by atoms with Crippen LogP contribution in [0.25, 0.3) is 11.1 Å². The van der Waals surface area contributed by atoms with Crippen LogP contribution in [-0.2, 0) is 0 Å². The van der Waals surface area contributed by atoms with E-state index in [0.29, 0.717) is 11.8 Å². The molecule has 0 saturated carbocycles. The van der Waals surface area contributed by atoms with Gasteiger partial charge in [0.1, 0.15) is 0 Å². The zero-order valence-electron chi connectivity index (χ0n) is 12.1. The maximum atomic E-state index is 2.39. The first-order valence-corrected chi connectivity index (χ1v) is 8.66. The van der Waals surface area contributed by atoms with Gasteiger partial charge in [0, 0.05) is 0 Å². The van der Waals surface area contributed by atoms with E-state index < -0.39 is 0 Å². The fraction of sp³-hybridized carbons (Fsp3) is 0.333. The molecule has 0 aliphatic carbocycles. The standard InChI is InChI=1S/C18H21.Bi/c1-13(2)16-10-17(14(3)4)12-18(11-16)15-8-6-5-7-9-15;/h5-9,11-14H,1-4H3;. The second-order valence-corrected chi connectivity index (χ2v) is 7.42. The van der Waals surface area contributed by atoms with Crippen LogP contribution in [0.5, 0.6) is 0 Å². The molecule has 2 radical (unpaired) electrons. The van der Waals surface area contributed by atoms with Crippen LogP contribution < -0.4 is 3.27 Å². The summed E-state index contributed by atoms with van der Waals surface area (Å²) in [4.78, 5) is 0. The molecule has 0 saturated heterocycles. The number of benzene rings is 2. The molecule has 2 aromatic carbocycles. The van der Waals surface area contributed by atoms with Crippen molar-refractivity contribution in [3.8, 4) is 11.1 Å². The molecule has 0 spiro atoms. The van der Waals surface area contributed by atoms with Crippen LogP contribution in [0, 0.1) is 0 Å². The Morgan fingerprint density at radius 3 is 1.63 bits per heavy atom. The summed E-state index contributed by atoms with van der Waals surface area (Å²) >= 11 is 1.36. The van der Waals surface area contributed by atoms with Crippen molar-refractivity contribution in [1.82, 2.24) is 0 Å². The number of hydrogen-bond acceptors (Lipinski definition) is 0. The molecule has 0 bridgehead atoms. The molecule has 0 atom stereocenters.